The zero-order valence-electron chi connectivity index (χ0n) is 25.1. The van der Waals surface area contributed by atoms with Gasteiger partial charge in [-0.25, -0.2) is 9.97 Å². The summed E-state index contributed by atoms with van der Waals surface area (Å²) in [6, 6.07) is 48.1. The second-order valence-corrected chi connectivity index (χ2v) is 12.1. The Labute approximate surface area is 261 Å². The van der Waals surface area contributed by atoms with Crippen molar-refractivity contribution in [3.05, 3.63) is 157 Å². The van der Waals surface area contributed by atoms with Gasteiger partial charge in [0.2, 0.25) is 0 Å². The molecule has 45 heavy (non-hydrogen) atoms. The highest BCUT2D eigenvalue weighted by Gasteiger charge is 2.27. The largest absolute Gasteiger partial charge is 0.506 e. The molecule has 3 aromatic heterocycles. The highest BCUT2D eigenvalue weighted by atomic mass is 16.3. The number of aromatic hydroxyl groups is 1. The van der Waals surface area contributed by atoms with E-state index in [1.54, 1.807) is 6.07 Å². The fraction of sp³-hybridized carbons (Fsp3) is 0.0732. The molecule has 3 heterocycles. The third-order valence-electron chi connectivity index (χ3n) is 9.01. The number of para-hydroxylation sites is 2. The van der Waals surface area contributed by atoms with Gasteiger partial charge in [-0.3, -0.25) is 4.57 Å². The van der Waals surface area contributed by atoms with Crippen LogP contribution in [-0.2, 0) is 5.41 Å². The molecule has 0 bridgehead atoms. The summed E-state index contributed by atoms with van der Waals surface area (Å²) in [6.45, 7) is 4.38. The summed E-state index contributed by atoms with van der Waals surface area (Å²) in [5, 5.41) is 13.8. The van der Waals surface area contributed by atoms with Crippen molar-refractivity contribution < 1.29 is 5.11 Å². The zero-order valence-corrected chi connectivity index (χ0v) is 25.1. The smallest absolute Gasteiger partial charge is 0.145 e. The molecule has 0 aliphatic rings. The lowest BCUT2D eigenvalue weighted by Crippen LogP contribution is -2.20. The Kier molecular flexibility index (Phi) is 6.24. The van der Waals surface area contributed by atoms with Crippen molar-refractivity contribution in [2.24, 2.45) is 0 Å². The van der Waals surface area contributed by atoms with Gasteiger partial charge in [-0.15, -0.1) is 0 Å². The van der Waals surface area contributed by atoms with Crippen molar-refractivity contribution in [1.29, 1.82) is 0 Å². The molecule has 216 valence electrons. The van der Waals surface area contributed by atoms with E-state index in [-0.39, 0.29) is 5.75 Å². The Morgan fingerprint density at radius 3 is 2.11 bits per heavy atom. The summed E-state index contributed by atoms with van der Waals surface area (Å²) < 4.78 is 2.31. The first kappa shape index (κ1) is 26.9. The lowest BCUT2D eigenvalue weighted by molar-refractivity contribution is 0.480. The number of aromatic nitrogens is 3. The number of rotatable bonds is 5. The van der Waals surface area contributed by atoms with Gasteiger partial charge >= 0.3 is 0 Å². The van der Waals surface area contributed by atoms with Crippen LogP contribution in [0.3, 0.4) is 0 Å². The maximum atomic E-state index is 10.6. The molecule has 0 unspecified atom stereocenters. The SMILES string of the molecule is CC(C)(c1ccc2c3ccccc3n(-c3ncc(-c4ccccc4)cc3-c3ccccc3)c2c1)c1ccc2cccc(O)c2n1. The standard InChI is InChI=1S/C41H31N3O/c1-41(2,38-23-20-29-16-11-19-37(45)39(29)43-38)31-21-22-33-32-17-9-10-18-35(32)44(36(33)25-31)40-34(28-14-7-4-8-15-28)24-30(26-42-40)27-12-5-3-6-13-27/h3-26,45H,1-2H3. The van der Waals surface area contributed by atoms with E-state index in [2.05, 4.69) is 122 Å². The van der Waals surface area contributed by atoms with Gasteiger partial charge in [0.05, 0.1) is 16.7 Å². The first-order chi connectivity index (χ1) is 22.0. The molecule has 0 aliphatic heterocycles. The molecule has 0 saturated carbocycles. The fourth-order valence-electron chi connectivity index (χ4n) is 6.47. The Bertz CT molecular complexity index is 2360. The number of phenols is 1. The van der Waals surface area contributed by atoms with Crippen molar-refractivity contribution in [1.82, 2.24) is 14.5 Å². The normalized spacial score (nSPS) is 11.9. The van der Waals surface area contributed by atoms with Gasteiger partial charge < -0.3 is 5.11 Å². The minimum atomic E-state index is -0.432. The van der Waals surface area contributed by atoms with Gasteiger partial charge in [-0.2, -0.15) is 0 Å². The number of benzene rings is 5. The summed E-state index contributed by atoms with van der Waals surface area (Å²) >= 11 is 0. The molecular formula is C41H31N3O. The minimum Gasteiger partial charge on any atom is -0.506 e. The Balaban J connectivity index is 1.37. The molecule has 1 N–H and O–H groups in total. The van der Waals surface area contributed by atoms with Crippen molar-refractivity contribution in [2.45, 2.75) is 19.3 Å². The second kappa shape index (κ2) is 10.5. The van der Waals surface area contributed by atoms with Crippen LogP contribution in [0.25, 0.3) is 60.8 Å². The molecule has 0 spiro atoms. The van der Waals surface area contributed by atoms with Crippen molar-refractivity contribution >= 4 is 32.7 Å². The van der Waals surface area contributed by atoms with Crippen LogP contribution in [0.15, 0.2) is 146 Å². The number of pyridine rings is 2. The Morgan fingerprint density at radius 2 is 1.31 bits per heavy atom. The molecule has 0 aliphatic carbocycles. The number of phenolic OH excluding ortho intramolecular Hbond substituents is 1. The van der Waals surface area contributed by atoms with Crippen LogP contribution in [0.5, 0.6) is 5.75 Å². The lowest BCUT2D eigenvalue weighted by atomic mass is 9.80. The van der Waals surface area contributed by atoms with Crippen LogP contribution in [0, 0.1) is 0 Å². The maximum Gasteiger partial charge on any atom is 0.145 e. The zero-order chi connectivity index (χ0) is 30.5. The Hall–Kier alpha value is -5.74. The van der Waals surface area contributed by atoms with Gasteiger partial charge in [0.1, 0.15) is 17.1 Å². The van der Waals surface area contributed by atoms with Gasteiger partial charge in [0.25, 0.3) is 0 Å². The van der Waals surface area contributed by atoms with Crippen molar-refractivity contribution in [3.63, 3.8) is 0 Å². The third-order valence-corrected chi connectivity index (χ3v) is 9.01. The van der Waals surface area contributed by atoms with Gasteiger partial charge in [0.15, 0.2) is 0 Å². The predicted octanol–water partition coefficient (Wildman–Crippen LogP) is 10.1. The summed E-state index contributed by atoms with van der Waals surface area (Å²) in [7, 11) is 0. The predicted molar refractivity (Wildman–Crippen MR) is 185 cm³/mol. The summed E-state index contributed by atoms with van der Waals surface area (Å²) in [6.07, 6.45) is 1.98. The first-order valence-electron chi connectivity index (χ1n) is 15.2. The molecule has 0 radical (unpaired) electrons. The van der Waals surface area contributed by atoms with Gasteiger partial charge in [-0.1, -0.05) is 123 Å². The molecule has 0 atom stereocenters. The first-order valence-corrected chi connectivity index (χ1v) is 15.2. The van der Waals surface area contributed by atoms with Crippen LogP contribution in [0.1, 0.15) is 25.1 Å². The van der Waals surface area contributed by atoms with E-state index < -0.39 is 5.41 Å². The topological polar surface area (TPSA) is 50.9 Å². The molecule has 8 rings (SSSR count). The molecule has 5 aromatic carbocycles. The van der Waals surface area contributed by atoms with E-state index in [0.717, 1.165) is 55.7 Å². The molecule has 4 nitrogen and oxygen atoms in total. The number of nitrogens with zero attached hydrogens (tertiary/aromatic N) is 3. The molecular weight excluding hydrogens is 550 g/mol. The molecule has 0 fully saturated rings. The van der Waals surface area contributed by atoms with Crippen LogP contribution in [0.4, 0.5) is 0 Å². The van der Waals surface area contributed by atoms with Crippen LogP contribution < -0.4 is 0 Å². The van der Waals surface area contributed by atoms with Crippen molar-refractivity contribution in [2.75, 3.05) is 0 Å². The van der Waals surface area contributed by atoms with Crippen molar-refractivity contribution in [3.8, 4) is 33.8 Å². The summed E-state index contributed by atoms with van der Waals surface area (Å²) in [5.41, 5.74) is 8.79. The number of fused-ring (bicyclic) bond motifs is 4. The molecule has 8 aromatic rings. The molecule has 4 heteroatoms. The van der Waals surface area contributed by atoms with E-state index in [4.69, 9.17) is 9.97 Å². The fourth-order valence-corrected chi connectivity index (χ4v) is 6.47. The van der Waals surface area contributed by atoms with E-state index in [1.807, 2.05) is 36.5 Å². The quantitative estimate of drug-likeness (QED) is 0.220. The Morgan fingerprint density at radius 1 is 0.600 bits per heavy atom. The maximum absolute atomic E-state index is 10.6. The summed E-state index contributed by atoms with van der Waals surface area (Å²) in [5.74, 6) is 1.08. The lowest BCUT2D eigenvalue weighted by Gasteiger charge is -2.26. The van der Waals surface area contributed by atoms with E-state index in [9.17, 15) is 5.11 Å². The van der Waals surface area contributed by atoms with E-state index >= 15 is 0 Å². The van der Waals surface area contributed by atoms with Gasteiger partial charge in [-0.05, 0) is 47.0 Å². The highest BCUT2D eigenvalue weighted by Crippen LogP contribution is 2.40. The third kappa shape index (κ3) is 4.46. The van der Waals surface area contributed by atoms with Crippen LogP contribution >= 0.6 is 0 Å². The number of hydrogen-bond acceptors (Lipinski definition) is 3. The summed E-state index contributed by atoms with van der Waals surface area (Å²) in [4.78, 5) is 10.1. The minimum absolute atomic E-state index is 0.194. The van der Waals surface area contributed by atoms with E-state index in [1.165, 1.54) is 10.8 Å². The average Bonchev–Trinajstić information content (AvgIpc) is 3.42. The molecule has 0 saturated heterocycles. The van der Waals surface area contributed by atoms with E-state index in [0.29, 0.717) is 5.52 Å². The van der Waals surface area contributed by atoms with Gasteiger partial charge in [0, 0.05) is 38.9 Å². The highest BCUT2D eigenvalue weighted by molar-refractivity contribution is 6.10. The monoisotopic (exact) mass is 581 g/mol. The van der Waals surface area contributed by atoms with Crippen LogP contribution in [0.2, 0.25) is 0 Å². The average molecular weight is 582 g/mol. The second-order valence-electron chi connectivity index (χ2n) is 12.1. The van der Waals surface area contributed by atoms with Crippen LogP contribution in [-0.4, -0.2) is 19.6 Å². The molecule has 0 amide bonds. The number of hydrogen-bond donors (Lipinski definition) is 1.